The molecule has 2 aromatic carbocycles. The Hall–Kier alpha value is -4.08. The van der Waals surface area contributed by atoms with Crippen molar-refractivity contribution >= 4 is 24.1 Å². The SMILES string of the molecule is CC(C)(C)OC(=O)N[C@@H](COC(=O)[C@@H]1CCCN1C(=O)OCC1c2ccccc2-c2ccccc21)C(=O)O. The second kappa shape index (κ2) is 11.1. The summed E-state index contributed by atoms with van der Waals surface area (Å²) in [5.74, 6) is -2.26. The fourth-order valence-electron chi connectivity index (χ4n) is 4.79. The van der Waals surface area contributed by atoms with Crippen LogP contribution in [0.1, 0.15) is 50.7 Å². The molecule has 202 valence electrons. The molecule has 0 saturated carbocycles. The number of likely N-dealkylation sites (tertiary alicyclic amines) is 1. The van der Waals surface area contributed by atoms with Gasteiger partial charge in [0.15, 0.2) is 6.04 Å². The molecule has 2 N–H and O–H groups in total. The predicted molar refractivity (Wildman–Crippen MR) is 137 cm³/mol. The molecule has 0 spiro atoms. The van der Waals surface area contributed by atoms with Crippen LogP contribution in [0.2, 0.25) is 0 Å². The van der Waals surface area contributed by atoms with Crippen molar-refractivity contribution in [3.8, 4) is 11.1 Å². The molecule has 38 heavy (non-hydrogen) atoms. The third kappa shape index (κ3) is 6.07. The molecule has 2 aromatic rings. The summed E-state index contributed by atoms with van der Waals surface area (Å²) in [5.41, 5.74) is 3.56. The maximum absolute atomic E-state index is 13.0. The molecule has 2 amide bonds. The lowest BCUT2D eigenvalue weighted by molar-refractivity contribution is -0.152. The number of amides is 2. The molecule has 4 rings (SSSR count). The lowest BCUT2D eigenvalue weighted by Gasteiger charge is -2.25. The van der Waals surface area contributed by atoms with E-state index in [2.05, 4.69) is 5.32 Å². The van der Waals surface area contributed by atoms with Crippen LogP contribution in [-0.4, -0.2) is 71.6 Å². The van der Waals surface area contributed by atoms with Crippen LogP contribution < -0.4 is 5.32 Å². The lowest BCUT2D eigenvalue weighted by Crippen LogP contribution is -2.48. The number of fused-ring (bicyclic) bond motifs is 3. The topological polar surface area (TPSA) is 131 Å². The van der Waals surface area contributed by atoms with Crippen molar-refractivity contribution in [3.63, 3.8) is 0 Å². The molecular weight excluding hydrogens is 492 g/mol. The highest BCUT2D eigenvalue weighted by Gasteiger charge is 2.38. The number of carbonyl (C=O) groups is 4. The normalized spacial score (nSPS) is 17.2. The fourth-order valence-corrected chi connectivity index (χ4v) is 4.79. The lowest BCUT2D eigenvalue weighted by atomic mass is 9.98. The molecule has 2 atom stereocenters. The van der Waals surface area contributed by atoms with E-state index in [1.54, 1.807) is 20.8 Å². The van der Waals surface area contributed by atoms with Crippen molar-refractivity contribution in [1.82, 2.24) is 10.2 Å². The highest BCUT2D eigenvalue weighted by atomic mass is 16.6. The van der Waals surface area contributed by atoms with Gasteiger partial charge in [0.2, 0.25) is 0 Å². The van der Waals surface area contributed by atoms with Crippen molar-refractivity contribution < 1.29 is 38.5 Å². The van der Waals surface area contributed by atoms with Crippen LogP contribution in [0.15, 0.2) is 48.5 Å². The maximum atomic E-state index is 13.0. The summed E-state index contributed by atoms with van der Waals surface area (Å²) in [7, 11) is 0. The zero-order chi connectivity index (χ0) is 27.4. The van der Waals surface area contributed by atoms with Crippen LogP contribution >= 0.6 is 0 Å². The molecule has 10 nitrogen and oxygen atoms in total. The maximum Gasteiger partial charge on any atom is 0.410 e. The molecular formula is C28H32N2O8. The number of carboxylic acid groups (broad SMARTS) is 1. The molecule has 1 fully saturated rings. The van der Waals surface area contributed by atoms with Crippen molar-refractivity contribution in [3.05, 3.63) is 59.7 Å². The predicted octanol–water partition coefficient (Wildman–Crippen LogP) is 3.92. The third-order valence-electron chi connectivity index (χ3n) is 6.48. The van der Waals surface area contributed by atoms with Gasteiger partial charge in [0.1, 0.15) is 24.9 Å². The van der Waals surface area contributed by atoms with Crippen molar-refractivity contribution in [2.75, 3.05) is 19.8 Å². The van der Waals surface area contributed by atoms with Crippen molar-refractivity contribution in [1.29, 1.82) is 0 Å². The van der Waals surface area contributed by atoms with E-state index in [-0.39, 0.29) is 12.5 Å². The molecule has 10 heteroatoms. The molecule has 0 aromatic heterocycles. The van der Waals surface area contributed by atoms with E-state index >= 15 is 0 Å². The molecule has 1 aliphatic heterocycles. The third-order valence-corrected chi connectivity index (χ3v) is 6.48. The van der Waals surface area contributed by atoms with Gasteiger partial charge >= 0.3 is 24.1 Å². The summed E-state index contributed by atoms with van der Waals surface area (Å²) >= 11 is 0. The number of hydrogen-bond acceptors (Lipinski definition) is 7. The molecule has 1 aliphatic carbocycles. The van der Waals surface area contributed by atoms with Crippen LogP contribution in [0, 0.1) is 0 Å². The van der Waals surface area contributed by atoms with E-state index in [9.17, 15) is 24.3 Å². The minimum Gasteiger partial charge on any atom is -0.480 e. The Morgan fingerprint density at radius 1 is 1.00 bits per heavy atom. The molecule has 0 bridgehead atoms. The quantitative estimate of drug-likeness (QED) is 0.412. The largest absolute Gasteiger partial charge is 0.480 e. The van der Waals surface area contributed by atoms with Gasteiger partial charge in [0, 0.05) is 12.5 Å². The van der Waals surface area contributed by atoms with Gasteiger partial charge in [0.25, 0.3) is 0 Å². The zero-order valence-corrected chi connectivity index (χ0v) is 21.6. The molecule has 2 aliphatic rings. The minimum atomic E-state index is -1.50. The average molecular weight is 525 g/mol. The number of ether oxygens (including phenoxy) is 3. The van der Waals surface area contributed by atoms with Crippen LogP contribution in [-0.2, 0) is 23.8 Å². The Bertz CT molecular complexity index is 1180. The second-order valence-corrected chi connectivity index (χ2v) is 10.3. The summed E-state index contributed by atoms with van der Waals surface area (Å²) in [6, 6.07) is 13.6. The van der Waals surface area contributed by atoms with E-state index in [4.69, 9.17) is 14.2 Å². The highest BCUT2D eigenvalue weighted by molar-refractivity contribution is 5.84. The first-order chi connectivity index (χ1) is 18.0. The number of rotatable bonds is 7. The number of alkyl carbamates (subject to hydrolysis) is 1. The number of nitrogens with zero attached hydrogens (tertiary/aromatic N) is 1. The van der Waals surface area contributed by atoms with Crippen LogP contribution in [0.3, 0.4) is 0 Å². The Balaban J connectivity index is 1.34. The van der Waals surface area contributed by atoms with Crippen molar-refractivity contribution in [2.24, 2.45) is 0 Å². The number of hydrogen-bond donors (Lipinski definition) is 2. The number of carbonyl (C=O) groups excluding carboxylic acids is 3. The minimum absolute atomic E-state index is 0.116. The van der Waals surface area contributed by atoms with Gasteiger partial charge in [0.05, 0.1) is 0 Å². The average Bonchev–Trinajstić information content (AvgIpc) is 3.47. The highest BCUT2D eigenvalue weighted by Crippen LogP contribution is 2.44. The van der Waals surface area contributed by atoms with Gasteiger partial charge in [-0.15, -0.1) is 0 Å². The first kappa shape index (κ1) is 27.0. The van der Waals surface area contributed by atoms with Gasteiger partial charge in [-0.05, 0) is 55.9 Å². The van der Waals surface area contributed by atoms with Gasteiger partial charge in [-0.1, -0.05) is 48.5 Å². The summed E-state index contributed by atoms with van der Waals surface area (Å²) in [6.45, 7) is 4.74. The number of nitrogens with one attached hydrogen (secondary N) is 1. The Kier molecular flexibility index (Phi) is 7.89. The number of aliphatic carboxylic acids is 1. The van der Waals surface area contributed by atoms with E-state index in [0.29, 0.717) is 19.4 Å². The van der Waals surface area contributed by atoms with E-state index in [1.807, 2.05) is 48.5 Å². The van der Waals surface area contributed by atoms with Gasteiger partial charge in [-0.25, -0.2) is 19.2 Å². The fraction of sp³-hybridized carbons (Fsp3) is 0.429. The first-order valence-electron chi connectivity index (χ1n) is 12.6. The number of carboxylic acids is 1. The zero-order valence-electron chi connectivity index (χ0n) is 21.6. The summed E-state index contributed by atoms with van der Waals surface area (Å²) in [6.07, 6.45) is -0.641. The Morgan fingerprint density at radius 3 is 2.18 bits per heavy atom. The first-order valence-corrected chi connectivity index (χ1v) is 12.6. The Labute approximate surface area is 220 Å². The molecule has 1 saturated heterocycles. The summed E-state index contributed by atoms with van der Waals surface area (Å²) < 4.78 is 15.9. The van der Waals surface area contributed by atoms with Crippen LogP contribution in [0.25, 0.3) is 11.1 Å². The van der Waals surface area contributed by atoms with Gasteiger partial charge in [-0.2, -0.15) is 0 Å². The van der Waals surface area contributed by atoms with E-state index in [0.717, 1.165) is 22.3 Å². The van der Waals surface area contributed by atoms with Crippen LogP contribution in [0.5, 0.6) is 0 Å². The molecule has 1 heterocycles. The Morgan fingerprint density at radius 2 is 1.61 bits per heavy atom. The molecule has 0 unspecified atom stereocenters. The van der Waals surface area contributed by atoms with E-state index in [1.165, 1.54) is 4.90 Å². The second-order valence-electron chi connectivity index (χ2n) is 10.3. The standard InChI is InChI=1S/C28H32N2O8/c1-28(2,3)38-26(34)29-22(24(31)32)16-36-25(33)23-13-8-14-30(23)27(35)37-15-21-19-11-6-4-9-17(19)18-10-5-7-12-20(18)21/h4-7,9-12,21-23H,8,13-16H2,1-3H3,(H,29,34)(H,31,32)/t22-,23-/m0/s1. The van der Waals surface area contributed by atoms with Gasteiger partial charge < -0.3 is 24.6 Å². The number of esters is 1. The summed E-state index contributed by atoms with van der Waals surface area (Å²) in [4.78, 5) is 50.6. The molecule has 0 radical (unpaired) electrons. The van der Waals surface area contributed by atoms with Crippen molar-refractivity contribution in [2.45, 2.75) is 57.2 Å². The summed E-state index contributed by atoms with van der Waals surface area (Å²) in [5, 5.41) is 11.6. The van der Waals surface area contributed by atoms with Crippen LogP contribution in [0.4, 0.5) is 9.59 Å². The van der Waals surface area contributed by atoms with E-state index < -0.39 is 48.4 Å². The van der Waals surface area contributed by atoms with Gasteiger partial charge in [-0.3, -0.25) is 4.90 Å². The smallest absolute Gasteiger partial charge is 0.410 e. The monoisotopic (exact) mass is 524 g/mol. The number of benzene rings is 2.